The van der Waals surface area contributed by atoms with Gasteiger partial charge in [0, 0.05) is 17.8 Å². The van der Waals surface area contributed by atoms with Crippen LogP contribution in [0.3, 0.4) is 0 Å². The third-order valence-electron chi connectivity index (χ3n) is 4.87. The van der Waals surface area contributed by atoms with Gasteiger partial charge in [-0.1, -0.05) is 23.7 Å². The van der Waals surface area contributed by atoms with Crippen LogP contribution in [0.25, 0.3) is 12.2 Å². The maximum atomic E-state index is 14.3. The van der Waals surface area contributed by atoms with E-state index in [1.807, 2.05) is 6.08 Å². The summed E-state index contributed by atoms with van der Waals surface area (Å²) in [4.78, 5) is 20.2. The van der Waals surface area contributed by atoms with E-state index in [0.29, 0.717) is 35.1 Å². The molecule has 0 atom stereocenters. The summed E-state index contributed by atoms with van der Waals surface area (Å²) in [6.07, 6.45) is 5.61. The minimum Gasteiger partial charge on any atom is -0.497 e. The van der Waals surface area contributed by atoms with Crippen LogP contribution in [-0.2, 0) is 9.53 Å². The van der Waals surface area contributed by atoms with Crippen LogP contribution in [0, 0.1) is 5.82 Å². The predicted octanol–water partition coefficient (Wildman–Crippen LogP) is 1.73. The van der Waals surface area contributed by atoms with Gasteiger partial charge in [0.1, 0.15) is 17.9 Å². The van der Waals surface area contributed by atoms with Gasteiger partial charge in [0.15, 0.2) is 5.82 Å². The minimum absolute atomic E-state index is 0.0180. The van der Waals surface area contributed by atoms with Crippen LogP contribution in [0.15, 0.2) is 35.9 Å². The van der Waals surface area contributed by atoms with E-state index < -0.39 is 17.3 Å². The number of nitrogens with two attached hydrogens (primary N) is 1. The second-order valence-electron chi connectivity index (χ2n) is 7.31. The van der Waals surface area contributed by atoms with Gasteiger partial charge in [0.2, 0.25) is 5.91 Å². The van der Waals surface area contributed by atoms with Gasteiger partial charge in [0.25, 0.3) is 0 Å². The molecule has 1 heterocycles. The topological polar surface area (TPSA) is 102 Å². The summed E-state index contributed by atoms with van der Waals surface area (Å²) < 4.78 is 19.9. The number of nitrogens with zero attached hydrogens (tertiary/aromatic N) is 2. The first kappa shape index (κ1) is 21.7. The normalized spacial score (nSPS) is 13.6. The maximum absolute atomic E-state index is 14.3. The highest BCUT2D eigenvalue weighted by Crippen LogP contribution is 2.23. The molecule has 2 aromatic rings. The van der Waals surface area contributed by atoms with Crippen LogP contribution in [0.5, 0.6) is 0 Å². The van der Waals surface area contributed by atoms with Crippen molar-refractivity contribution in [1.82, 2.24) is 15.3 Å². The number of methoxy groups -OCH3 is 1. The summed E-state index contributed by atoms with van der Waals surface area (Å²) in [5.41, 5.74) is 5.69. The zero-order valence-electron chi connectivity index (χ0n) is 16.9. The SMILES string of the molecule is COC1=C(CNC(C)(C)C(N)=O)CC=c2c(Nc3cccc(Cl)c3F)ncnc2=C1. The highest BCUT2D eigenvalue weighted by atomic mass is 35.5. The monoisotopic (exact) mass is 431 g/mol. The molecule has 0 saturated heterocycles. The largest absolute Gasteiger partial charge is 0.497 e. The Bertz CT molecular complexity index is 1130. The number of fused-ring (bicyclic) bond motifs is 1. The Kier molecular flexibility index (Phi) is 6.38. The number of hydrogen-bond donors (Lipinski definition) is 3. The van der Waals surface area contributed by atoms with E-state index in [1.54, 1.807) is 39.2 Å². The Labute approximate surface area is 178 Å². The second-order valence-corrected chi connectivity index (χ2v) is 7.72. The number of carbonyl (C=O) groups is 1. The summed E-state index contributed by atoms with van der Waals surface area (Å²) in [6.45, 7) is 3.82. The number of hydrogen-bond acceptors (Lipinski definition) is 6. The minimum atomic E-state index is -0.873. The van der Waals surface area contributed by atoms with Gasteiger partial charge in [-0.3, -0.25) is 10.1 Å². The lowest BCUT2D eigenvalue weighted by molar-refractivity contribution is -0.123. The molecule has 0 unspecified atom stereocenters. The molecule has 1 aromatic heterocycles. The van der Waals surface area contributed by atoms with E-state index >= 15 is 0 Å². The van der Waals surface area contributed by atoms with Gasteiger partial charge in [0.05, 0.1) is 28.7 Å². The smallest absolute Gasteiger partial charge is 0.237 e. The van der Waals surface area contributed by atoms with E-state index in [-0.39, 0.29) is 10.7 Å². The zero-order valence-corrected chi connectivity index (χ0v) is 17.7. The van der Waals surface area contributed by atoms with Gasteiger partial charge in [-0.25, -0.2) is 14.4 Å². The van der Waals surface area contributed by atoms with E-state index in [9.17, 15) is 9.18 Å². The first-order valence-electron chi connectivity index (χ1n) is 9.28. The molecule has 0 bridgehead atoms. The molecule has 1 amide bonds. The average molecular weight is 432 g/mol. The number of amides is 1. The Balaban J connectivity index is 1.96. The Morgan fingerprint density at radius 2 is 2.13 bits per heavy atom. The molecule has 1 aromatic carbocycles. The standard InChI is InChI=1S/C21H23ClFN5O2/c1-21(2,20(24)29)27-10-12-7-8-13-16(9-17(12)30-3)25-11-26-19(13)28-15-6-4-5-14(22)18(15)23/h4-6,8-9,11,27H,7,10H2,1-3H3,(H2,24,29)(H,25,26,28). The third kappa shape index (κ3) is 4.60. The average Bonchev–Trinajstić information content (AvgIpc) is 2.89. The van der Waals surface area contributed by atoms with Crippen LogP contribution in [-0.4, -0.2) is 35.1 Å². The van der Waals surface area contributed by atoms with Crippen molar-refractivity contribution < 1.29 is 13.9 Å². The summed E-state index contributed by atoms with van der Waals surface area (Å²) in [7, 11) is 1.57. The number of ether oxygens (including phenoxy) is 1. The lowest BCUT2D eigenvalue weighted by atomic mass is 10.0. The van der Waals surface area contributed by atoms with Gasteiger partial charge in [-0.05, 0) is 38.0 Å². The molecule has 4 N–H and O–H groups in total. The molecule has 0 spiro atoms. The Morgan fingerprint density at radius 1 is 1.37 bits per heavy atom. The molecule has 0 saturated carbocycles. The summed E-state index contributed by atoms with van der Waals surface area (Å²) >= 11 is 5.88. The number of benzene rings is 1. The van der Waals surface area contributed by atoms with Crippen molar-refractivity contribution in [3.05, 3.63) is 57.3 Å². The van der Waals surface area contributed by atoms with Crippen molar-refractivity contribution in [2.75, 3.05) is 19.0 Å². The van der Waals surface area contributed by atoms with Crippen LogP contribution >= 0.6 is 11.6 Å². The van der Waals surface area contributed by atoms with Gasteiger partial charge in [-0.15, -0.1) is 0 Å². The van der Waals surface area contributed by atoms with Gasteiger partial charge in [-0.2, -0.15) is 0 Å². The van der Waals surface area contributed by atoms with Crippen molar-refractivity contribution in [1.29, 1.82) is 0 Å². The van der Waals surface area contributed by atoms with Crippen LogP contribution in [0.1, 0.15) is 20.3 Å². The predicted molar refractivity (Wildman–Crippen MR) is 115 cm³/mol. The highest BCUT2D eigenvalue weighted by Gasteiger charge is 2.24. The lowest BCUT2D eigenvalue weighted by Gasteiger charge is -2.23. The highest BCUT2D eigenvalue weighted by molar-refractivity contribution is 6.31. The molecule has 158 valence electrons. The fourth-order valence-corrected chi connectivity index (χ4v) is 3.06. The first-order valence-corrected chi connectivity index (χ1v) is 9.65. The van der Waals surface area contributed by atoms with Crippen molar-refractivity contribution in [3.63, 3.8) is 0 Å². The van der Waals surface area contributed by atoms with E-state index in [4.69, 9.17) is 22.1 Å². The number of rotatable bonds is 7. The molecule has 0 aliphatic heterocycles. The maximum Gasteiger partial charge on any atom is 0.237 e. The molecule has 0 fully saturated rings. The molecule has 1 aliphatic carbocycles. The quantitative estimate of drug-likeness (QED) is 0.617. The number of halogens is 2. The Morgan fingerprint density at radius 3 is 2.83 bits per heavy atom. The van der Waals surface area contributed by atoms with Crippen molar-refractivity contribution in [2.24, 2.45) is 5.73 Å². The number of primary amides is 1. The fraction of sp³-hybridized carbons (Fsp3) is 0.286. The van der Waals surface area contributed by atoms with E-state index in [1.165, 1.54) is 12.4 Å². The van der Waals surface area contributed by atoms with Crippen LogP contribution in [0.2, 0.25) is 5.02 Å². The molecular formula is C21H23ClFN5O2. The van der Waals surface area contributed by atoms with Gasteiger partial charge >= 0.3 is 0 Å². The molecule has 0 radical (unpaired) electrons. The van der Waals surface area contributed by atoms with Crippen LogP contribution < -0.4 is 26.9 Å². The number of allylic oxidation sites excluding steroid dienone is 1. The molecule has 1 aliphatic rings. The first-order chi connectivity index (χ1) is 14.2. The molecule has 9 heteroatoms. The molecule has 7 nitrogen and oxygen atoms in total. The number of aromatic nitrogens is 2. The summed E-state index contributed by atoms with van der Waals surface area (Å²) in [5, 5.41) is 7.48. The van der Waals surface area contributed by atoms with Crippen molar-refractivity contribution >= 4 is 41.2 Å². The van der Waals surface area contributed by atoms with E-state index in [2.05, 4.69) is 20.6 Å². The summed E-state index contributed by atoms with van der Waals surface area (Å²) in [5.74, 6) is 0.0575. The lowest BCUT2D eigenvalue weighted by Crippen LogP contribution is -2.51. The molecule has 30 heavy (non-hydrogen) atoms. The number of nitrogens with one attached hydrogen (secondary N) is 2. The third-order valence-corrected chi connectivity index (χ3v) is 5.16. The Hall–Kier alpha value is -2.97. The fourth-order valence-electron chi connectivity index (χ4n) is 2.88. The van der Waals surface area contributed by atoms with Gasteiger partial charge < -0.3 is 15.8 Å². The van der Waals surface area contributed by atoms with Crippen molar-refractivity contribution in [3.8, 4) is 0 Å². The van der Waals surface area contributed by atoms with Crippen molar-refractivity contribution in [2.45, 2.75) is 25.8 Å². The zero-order chi connectivity index (χ0) is 21.9. The number of carbonyl (C=O) groups excluding carboxylic acids is 1. The van der Waals surface area contributed by atoms with Crippen LogP contribution in [0.4, 0.5) is 15.9 Å². The number of anilines is 2. The summed E-state index contributed by atoms with van der Waals surface area (Å²) in [6, 6.07) is 4.71. The molecule has 3 rings (SSSR count). The second kappa shape index (κ2) is 8.81. The molecular weight excluding hydrogens is 409 g/mol. The van der Waals surface area contributed by atoms with E-state index in [0.717, 1.165) is 5.57 Å².